The molecule has 3 rings (SSSR count). The lowest BCUT2D eigenvalue weighted by Gasteiger charge is -2.26. The number of benzene rings is 2. The van der Waals surface area contributed by atoms with E-state index < -0.39 is 0 Å². The molecule has 0 aliphatic rings. The van der Waals surface area contributed by atoms with Crippen LogP contribution in [-0.2, 0) is 0 Å². The van der Waals surface area contributed by atoms with Gasteiger partial charge in [-0.15, -0.1) is 0 Å². The van der Waals surface area contributed by atoms with Gasteiger partial charge >= 0.3 is 0 Å². The van der Waals surface area contributed by atoms with Crippen LogP contribution >= 0.6 is 0 Å². The third kappa shape index (κ3) is 4.75. The minimum Gasteiger partial charge on any atom is -0.396 e. The zero-order chi connectivity index (χ0) is 17.3. The van der Waals surface area contributed by atoms with Crippen LogP contribution in [0.1, 0.15) is 41.7 Å². The molecule has 2 atom stereocenters. The molecular formula is C22H24N2O. The predicted molar refractivity (Wildman–Crippen MR) is 101 cm³/mol. The Morgan fingerprint density at radius 1 is 0.800 bits per heavy atom. The Labute approximate surface area is 149 Å². The van der Waals surface area contributed by atoms with Crippen molar-refractivity contribution in [1.29, 1.82) is 0 Å². The van der Waals surface area contributed by atoms with Crippen LogP contribution < -0.4 is 5.32 Å². The second-order valence-corrected chi connectivity index (χ2v) is 6.09. The van der Waals surface area contributed by atoms with Crippen molar-refractivity contribution in [3.63, 3.8) is 0 Å². The van der Waals surface area contributed by atoms with E-state index in [9.17, 15) is 5.11 Å². The van der Waals surface area contributed by atoms with Gasteiger partial charge in [-0.2, -0.15) is 0 Å². The first-order valence-electron chi connectivity index (χ1n) is 8.76. The molecule has 0 fully saturated rings. The normalized spacial score (nSPS) is 13.3. The molecule has 3 heteroatoms. The van der Waals surface area contributed by atoms with E-state index >= 15 is 0 Å². The topological polar surface area (TPSA) is 45.1 Å². The van der Waals surface area contributed by atoms with Crippen molar-refractivity contribution in [3.8, 4) is 0 Å². The minimum absolute atomic E-state index is 0.00583. The minimum atomic E-state index is 0.00583. The predicted octanol–water partition coefficient (Wildman–Crippen LogP) is 4.27. The quantitative estimate of drug-likeness (QED) is 0.647. The highest BCUT2D eigenvalue weighted by molar-refractivity contribution is 5.29. The SMILES string of the molecule is OCCCC(NC(c1ccccc1)c1ccccn1)c1ccccc1. The second kappa shape index (κ2) is 9.11. The molecule has 3 nitrogen and oxygen atoms in total. The number of rotatable bonds is 8. The van der Waals surface area contributed by atoms with Crippen LogP contribution in [0.4, 0.5) is 0 Å². The van der Waals surface area contributed by atoms with Crippen LogP contribution in [0, 0.1) is 0 Å². The maximum absolute atomic E-state index is 9.29. The van der Waals surface area contributed by atoms with E-state index in [4.69, 9.17) is 0 Å². The van der Waals surface area contributed by atoms with Crippen LogP contribution in [0.15, 0.2) is 85.1 Å². The average Bonchev–Trinajstić information content (AvgIpc) is 2.70. The summed E-state index contributed by atoms with van der Waals surface area (Å²) in [5.74, 6) is 0. The third-order valence-corrected chi connectivity index (χ3v) is 4.34. The number of hydrogen-bond acceptors (Lipinski definition) is 3. The van der Waals surface area contributed by atoms with E-state index in [1.54, 1.807) is 0 Å². The van der Waals surface area contributed by atoms with Gasteiger partial charge in [-0.1, -0.05) is 66.7 Å². The molecule has 0 amide bonds. The Morgan fingerprint density at radius 2 is 1.44 bits per heavy atom. The zero-order valence-electron chi connectivity index (χ0n) is 14.3. The number of pyridine rings is 1. The van der Waals surface area contributed by atoms with Crippen LogP contribution in [0.2, 0.25) is 0 Å². The van der Waals surface area contributed by atoms with Crippen molar-refractivity contribution in [2.75, 3.05) is 6.61 Å². The number of nitrogens with one attached hydrogen (secondary N) is 1. The lowest BCUT2D eigenvalue weighted by Crippen LogP contribution is -2.28. The molecule has 0 saturated carbocycles. The van der Waals surface area contributed by atoms with Crippen molar-refractivity contribution in [2.24, 2.45) is 0 Å². The van der Waals surface area contributed by atoms with E-state index in [1.807, 2.05) is 30.5 Å². The van der Waals surface area contributed by atoms with Gasteiger partial charge in [0.2, 0.25) is 0 Å². The summed E-state index contributed by atoms with van der Waals surface area (Å²) in [5.41, 5.74) is 3.41. The fourth-order valence-corrected chi connectivity index (χ4v) is 3.07. The summed E-state index contributed by atoms with van der Waals surface area (Å²) in [6.45, 7) is 0.199. The fourth-order valence-electron chi connectivity index (χ4n) is 3.07. The van der Waals surface area contributed by atoms with Crippen molar-refractivity contribution < 1.29 is 5.11 Å². The number of hydrogen-bond donors (Lipinski definition) is 2. The van der Waals surface area contributed by atoms with Gasteiger partial charge in [-0.25, -0.2) is 0 Å². The molecule has 0 bridgehead atoms. The molecule has 128 valence electrons. The average molecular weight is 332 g/mol. The molecule has 2 unspecified atom stereocenters. The maximum Gasteiger partial charge on any atom is 0.0756 e. The molecule has 2 N–H and O–H groups in total. The van der Waals surface area contributed by atoms with Crippen LogP contribution in [0.25, 0.3) is 0 Å². The Bertz CT molecular complexity index is 692. The Hall–Kier alpha value is -2.49. The Morgan fingerprint density at radius 3 is 2.04 bits per heavy atom. The summed E-state index contributed by atoms with van der Waals surface area (Å²) >= 11 is 0. The van der Waals surface area contributed by atoms with E-state index in [2.05, 4.69) is 64.9 Å². The van der Waals surface area contributed by atoms with Gasteiger partial charge in [-0.05, 0) is 36.1 Å². The molecule has 0 saturated heterocycles. The van der Waals surface area contributed by atoms with Crippen LogP contribution in [-0.4, -0.2) is 16.7 Å². The van der Waals surface area contributed by atoms with E-state index in [0.717, 1.165) is 18.5 Å². The van der Waals surface area contributed by atoms with Gasteiger partial charge in [0.1, 0.15) is 0 Å². The molecule has 25 heavy (non-hydrogen) atoms. The monoisotopic (exact) mass is 332 g/mol. The van der Waals surface area contributed by atoms with E-state index in [0.29, 0.717) is 0 Å². The molecule has 2 aromatic carbocycles. The summed E-state index contributed by atoms with van der Waals surface area (Å²) < 4.78 is 0. The number of nitrogens with zero attached hydrogens (tertiary/aromatic N) is 1. The van der Waals surface area contributed by atoms with E-state index in [1.165, 1.54) is 11.1 Å². The highest BCUT2D eigenvalue weighted by Crippen LogP contribution is 2.27. The largest absolute Gasteiger partial charge is 0.396 e. The molecule has 3 aromatic rings. The van der Waals surface area contributed by atoms with Gasteiger partial charge in [0.25, 0.3) is 0 Å². The third-order valence-electron chi connectivity index (χ3n) is 4.34. The summed E-state index contributed by atoms with van der Waals surface area (Å²) in [4.78, 5) is 4.57. The molecule has 0 aliphatic carbocycles. The number of aliphatic hydroxyl groups is 1. The first kappa shape index (κ1) is 17.3. The molecule has 0 spiro atoms. The van der Waals surface area contributed by atoms with Gasteiger partial charge in [-0.3, -0.25) is 10.3 Å². The molecule has 0 radical (unpaired) electrons. The van der Waals surface area contributed by atoms with Crippen LogP contribution in [0.5, 0.6) is 0 Å². The molecule has 1 heterocycles. The van der Waals surface area contributed by atoms with Gasteiger partial charge < -0.3 is 5.11 Å². The van der Waals surface area contributed by atoms with Gasteiger partial charge in [0.15, 0.2) is 0 Å². The highest BCUT2D eigenvalue weighted by Gasteiger charge is 2.20. The molecular weight excluding hydrogens is 308 g/mol. The smallest absolute Gasteiger partial charge is 0.0756 e. The van der Waals surface area contributed by atoms with Gasteiger partial charge in [0, 0.05) is 18.8 Å². The highest BCUT2D eigenvalue weighted by atomic mass is 16.2. The van der Waals surface area contributed by atoms with Crippen molar-refractivity contribution in [3.05, 3.63) is 102 Å². The number of aromatic nitrogens is 1. The summed E-state index contributed by atoms with van der Waals surface area (Å²) in [7, 11) is 0. The molecule has 1 aromatic heterocycles. The summed E-state index contributed by atoms with van der Waals surface area (Å²) in [5, 5.41) is 13.1. The number of aliphatic hydroxyl groups excluding tert-OH is 1. The van der Waals surface area contributed by atoms with Crippen LogP contribution in [0.3, 0.4) is 0 Å². The van der Waals surface area contributed by atoms with Crippen molar-refractivity contribution in [2.45, 2.75) is 24.9 Å². The zero-order valence-corrected chi connectivity index (χ0v) is 14.3. The first-order chi connectivity index (χ1) is 12.4. The maximum atomic E-state index is 9.29. The Kier molecular flexibility index (Phi) is 6.32. The summed E-state index contributed by atoms with van der Waals surface area (Å²) in [6.07, 6.45) is 3.46. The van der Waals surface area contributed by atoms with Gasteiger partial charge in [0.05, 0.1) is 11.7 Å². The lowest BCUT2D eigenvalue weighted by atomic mass is 9.97. The van der Waals surface area contributed by atoms with Crippen molar-refractivity contribution in [1.82, 2.24) is 10.3 Å². The first-order valence-corrected chi connectivity index (χ1v) is 8.76. The second-order valence-electron chi connectivity index (χ2n) is 6.09. The Balaban J connectivity index is 1.91. The fraction of sp³-hybridized carbons (Fsp3) is 0.227. The molecule has 0 aliphatic heterocycles. The van der Waals surface area contributed by atoms with Crippen molar-refractivity contribution >= 4 is 0 Å². The van der Waals surface area contributed by atoms with E-state index in [-0.39, 0.29) is 18.7 Å². The summed E-state index contributed by atoms with van der Waals surface area (Å²) in [6, 6.07) is 27.0. The standard InChI is InChI=1S/C22H24N2O/c25-17-9-15-20(18-10-3-1-4-11-18)24-22(19-12-5-2-6-13-19)21-14-7-8-16-23-21/h1-8,10-14,16,20,22,24-25H,9,15,17H2. The lowest BCUT2D eigenvalue weighted by molar-refractivity contribution is 0.273.